The molecule has 1 atom stereocenters. The number of nitrogens with zero attached hydrogens (tertiary/aromatic N) is 2. The molecule has 10 heteroatoms. The molecule has 144 valence electrons. The van der Waals surface area contributed by atoms with E-state index in [9.17, 15) is 13.2 Å². The molecule has 3 heterocycles. The average molecular weight is 391 g/mol. The number of oxazole rings is 1. The highest BCUT2D eigenvalue weighted by molar-refractivity contribution is 5.47. The standard InChI is InChI=1S/C18H12F3N3O4/c19-18(20,21)27-12-3-1-11(2-4-12)15-9-16(24-28-15)26-13-5-6-14(23-10-13)17-22-7-8-25-17/h1-10,15,24H/t15-/m1/s1. The van der Waals surface area contributed by atoms with E-state index in [4.69, 9.17) is 14.0 Å². The molecule has 1 N–H and O–H groups in total. The molecule has 1 aromatic carbocycles. The van der Waals surface area contributed by atoms with Gasteiger partial charge in [0.05, 0.1) is 12.4 Å². The quantitative estimate of drug-likeness (QED) is 0.701. The highest BCUT2D eigenvalue weighted by Gasteiger charge is 2.31. The molecule has 7 nitrogen and oxygen atoms in total. The number of halogens is 3. The zero-order valence-electron chi connectivity index (χ0n) is 14.0. The normalized spacial score (nSPS) is 16.4. The molecule has 0 bridgehead atoms. The molecule has 28 heavy (non-hydrogen) atoms. The number of aromatic nitrogens is 2. The first-order valence-electron chi connectivity index (χ1n) is 7.99. The maximum atomic E-state index is 12.2. The Balaban J connectivity index is 1.40. The zero-order chi connectivity index (χ0) is 19.6. The van der Waals surface area contributed by atoms with Gasteiger partial charge in [0.15, 0.2) is 0 Å². The Labute approximate surface area is 156 Å². The number of rotatable bonds is 5. The fourth-order valence-electron chi connectivity index (χ4n) is 2.45. The third kappa shape index (κ3) is 4.23. The topological polar surface area (TPSA) is 78.6 Å². The fourth-order valence-corrected chi connectivity index (χ4v) is 2.45. The highest BCUT2D eigenvalue weighted by Crippen LogP contribution is 2.29. The molecule has 2 aromatic heterocycles. The van der Waals surface area contributed by atoms with Crippen LogP contribution in [0.2, 0.25) is 0 Å². The molecule has 0 fully saturated rings. The Morgan fingerprint density at radius 1 is 1.00 bits per heavy atom. The van der Waals surface area contributed by atoms with Crippen molar-refractivity contribution in [3.05, 3.63) is 72.6 Å². The monoisotopic (exact) mass is 391 g/mol. The van der Waals surface area contributed by atoms with Crippen molar-refractivity contribution in [2.24, 2.45) is 0 Å². The molecule has 0 saturated heterocycles. The van der Waals surface area contributed by atoms with Crippen molar-refractivity contribution >= 4 is 0 Å². The number of benzene rings is 1. The number of hydrogen-bond donors (Lipinski definition) is 1. The van der Waals surface area contributed by atoms with Crippen LogP contribution in [0.5, 0.6) is 11.5 Å². The van der Waals surface area contributed by atoms with Crippen LogP contribution in [0.1, 0.15) is 11.7 Å². The van der Waals surface area contributed by atoms with Gasteiger partial charge in [0.25, 0.3) is 0 Å². The Hall–Kier alpha value is -3.53. The minimum atomic E-state index is -4.73. The van der Waals surface area contributed by atoms with Crippen molar-refractivity contribution in [1.82, 2.24) is 15.4 Å². The van der Waals surface area contributed by atoms with Crippen molar-refractivity contribution in [2.75, 3.05) is 0 Å². The van der Waals surface area contributed by atoms with Crippen LogP contribution in [0.15, 0.2) is 71.4 Å². The van der Waals surface area contributed by atoms with Gasteiger partial charge in [0, 0.05) is 6.08 Å². The van der Waals surface area contributed by atoms with Crippen molar-refractivity contribution in [3.8, 4) is 23.1 Å². The van der Waals surface area contributed by atoms with Gasteiger partial charge in [-0.25, -0.2) is 15.4 Å². The molecule has 0 unspecified atom stereocenters. The van der Waals surface area contributed by atoms with Crippen LogP contribution in [0.25, 0.3) is 11.6 Å². The van der Waals surface area contributed by atoms with Crippen LogP contribution in [-0.4, -0.2) is 16.3 Å². The number of alkyl halides is 3. The second-order valence-corrected chi connectivity index (χ2v) is 5.61. The van der Waals surface area contributed by atoms with Gasteiger partial charge >= 0.3 is 6.36 Å². The van der Waals surface area contributed by atoms with Gasteiger partial charge in [-0.1, -0.05) is 12.1 Å². The molecule has 0 saturated carbocycles. The van der Waals surface area contributed by atoms with Crippen molar-refractivity contribution in [1.29, 1.82) is 0 Å². The largest absolute Gasteiger partial charge is 0.573 e. The summed E-state index contributed by atoms with van der Waals surface area (Å²) in [5.74, 6) is 0.865. The lowest BCUT2D eigenvalue weighted by Crippen LogP contribution is -2.17. The van der Waals surface area contributed by atoms with E-state index in [0.717, 1.165) is 0 Å². The van der Waals surface area contributed by atoms with E-state index < -0.39 is 12.5 Å². The second kappa shape index (κ2) is 7.24. The average Bonchev–Trinajstić information content (AvgIpc) is 3.34. The number of hydroxylamine groups is 1. The fraction of sp³-hybridized carbons (Fsp3) is 0.111. The van der Waals surface area contributed by atoms with Crippen molar-refractivity contribution in [3.63, 3.8) is 0 Å². The van der Waals surface area contributed by atoms with Crippen LogP contribution in [0.3, 0.4) is 0 Å². The van der Waals surface area contributed by atoms with Crippen LogP contribution in [0.4, 0.5) is 13.2 Å². The number of pyridine rings is 1. The lowest BCUT2D eigenvalue weighted by molar-refractivity contribution is -0.274. The molecule has 1 aliphatic heterocycles. The summed E-state index contributed by atoms with van der Waals surface area (Å²) >= 11 is 0. The van der Waals surface area contributed by atoms with Gasteiger partial charge in [-0.2, -0.15) is 0 Å². The molecule has 0 amide bonds. The molecule has 0 radical (unpaired) electrons. The molecule has 1 aliphatic rings. The van der Waals surface area contributed by atoms with E-state index in [1.54, 1.807) is 18.2 Å². The minimum Gasteiger partial charge on any atom is -0.443 e. The summed E-state index contributed by atoms with van der Waals surface area (Å²) in [5, 5.41) is 0. The molecule has 0 aliphatic carbocycles. The number of ether oxygens (including phenoxy) is 2. The van der Waals surface area contributed by atoms with Crippen molar-refractivity contribution in [2.45, 2.75) is 12.5 Å². The maximum absolute atomic E-state index is 12.2. The maximum Gasteiger partial charge on any atom is 0.573 e. The van der Waals surface area contributed by atoms with Gasteiger partial charge in [0.2, 0.25) is 11.8 Å². The Morgan fingerprint density at radius 2 is 1.79 bits per heavy atom. The highest BCUT2D eigenvalue weighted by atomic mass is 19.4. The van der Waals surface area contributed by atoms with E-state index >= 15 is 0 Å². The van der Waals surface area contributed by atoms with Gasteiger partial charge in [-0.3, -0.25) is 4.84 Å². The molecular formula is C18H12F3N3O4. The summed E-state index contributed by atoms with van der Waals surface area (Å²) in [6, 6.07) is 8.74. The summed E-state index contributed by atoms with van der Waals surface area (Å²) in [6.45, 7) is 0. The third-order valence-corrected chi connectivity index (χ3v) is 3.65. The predicted octanol–water partition coefficient (Wildman–Crippen LogP) is 4.13. The number of nitrogens with one attached hydrogen (secondary N) is 1. The first kappa shape index (κ1) is 17.9. The lowest BCUT2D eigenvalue weighted by atomic mass is 10.1. The molecular weight excluding hydrogens is 379 g/mol. The first-order chi connectivity index (χ1) is 13.5. The molecule has 0 spiro atoms. The second-order valence-electron chi connectivity index (χ2n) is 5.61. The number of hydrogen-bond acceptors (Lipinski definition) is 7. The van der Waals surface area contributed by atoms with E-state index in [1.165, 1.54) is 42.9 Å². The summed E-state index contributed by atoms with van der Waals surface area (Å²) in [4.78, 5) is 13.6. The Bertz CT molecular complexity index is 955. The first-order valence-corrected chi connectivity index (χ1v) is 7.99. The van der Waals surface area contributed by atoms with E-state index in [0.29, 0.717) is 28.8 Å². The summed E-state index contributed by atoms with van der Waals surface area (Å²) in [6.07, 6.45) is 0.849. The van der Waals surface area contributed by atoms with E-state index in [1.807, 2.05) is 0 Å². The van der Waals surface area contributed by atoms with Gasteiger partial charge < -0.3 is 13.9 Å². The zero-order valence-corrected chi connectivity index (χ0v) is 14.0. The summed E-state index contributed by atoms with van der Waals surface area (Å²) < 4.78 is 51.3. The SMILES string of the molecule is FC(F)(F)Oc1ccc([C@H]2C=C(Oc3ccc(-c4ncco4)nc3)NO2)cc1. The van der Waals surface area contributed by atoms with Crippen LogP contribution >= 0.6 is 0 Å². The molecule has 4 rings (SSSR count). The predicted molar refractivity (Wildman–Crippen MR) is 88.5 cm³/mol. The van der Waals surface area contributed by atoms with Crippen LogP contribution in [-0.2, 0) is 4.84 Å². The Morgan fingerprint density at radius 3 is 2.43 bits per heavy atom. The smallest absolute Gasteiger partial charge is 0.443 e. The summed E-state index contributed by atoms with van der Waals surface area (Å²) in [7, 11) is 0. The third-order valence-electron chi connectivity index (χ3n) is 3.65. The summed E-state index contributed by atoms with van der Waals surface area (Å²) in [5.41, 5.74) is 3.80. The van der Waals surface area contributed by atoms with Crippen LogP contribution < -0.4 is 15.0 Å². The Kier molecular flexibility index (Phi) is 4.62. The van der Waals surface area contributed by atoms with E-state index in [-0.39, 0.29) is 5.75 Å². The van der Waals surface area contributed by atoms with Gasteiger partial charge in [-0.15, -0.1) is 13.2 Å². The van der Waals surface area contributed by atoms with Crippen LogP contribution in [0, 0.1) is 0 Å². The van der Waals surface area contributed by atoms with E-state index in [2.05, 4.69) is 20.2 Å². The minimum absolute atomic E-state index is 0.306. The molecule has 3 aromatic rings. The van der Waals surface area contributed by atoms with Gasteiger partial charge in [-0.05, 0) is 29.8 Å². The lowest BCUT2D eigenvalue weighted by Gasteiger charge is -2.11. The van der Waals surface area contributed by atoms with Crippen molar-refractivity contribution < 1.29 is 31.9 Å². The van der Waals surface area contributed by atoms with Gasteiger partial charge in [0.1, 0.15) is 29.6 Å².